The van der Waals surface area contributed by atoms with Gasteiger partial charge in [0.2, 0.25) is 0 Å². The SMILES string of the molecule is CCC1CCC(C(=O)c2c(Br)nnn2C)C1. The zero-order valence-corrected chi connectivity index (χ0v) is 11.2. The number of rotatable bonds is 3. The Morgan fingerprint density at radius 3 is 2.81 bits per heavy atom. The highest BCUT2D eigenvalue weighted by Gasteiger charge is 2.32. The molecule has 4 nitrogen and oxygen atoms in total. The highest BCUT2D eigenvalue weighted by molar-refractivity contribution is 9.10. The molecule has 0 aromatic carbocycles. The van der Waals surface area contributed by atoms with Gasteiger partial charge in [-0.25, -0.2) is 4.68 Å². The Labute approximate surface area is 104 Å². The second-order valence-electron chi connectivity index (χ2n) is 4.50. The molecule has 16 heavy (non-hydrogen) atoms. The molecule has 1 aromatic heterocycles. The Balaban J connectivity index is 2.15. The second-order valence-corrected chi connectivity index (χ2v) is 5.25. The fraction of sp³-hybridized carbons (Fsp3) is 0.727. The van der Waals surface area contributed by atoms with E-state index in [0.717, 1.165) is 12.8 Å². The minimum absolute atomic E-state index is 0.165. The molecule has 0 N–H and O–H groups in total. The number of aryl methyl sites for hydroxylation is 1. The summed E-state index contributed by atoms with van der Waals surface area (Å²) < 4.78 is 2.13. The summed E-state index contributed by atoms with van der Waals surface area (Å²) >= 11 is 3.28. The van der Waals surface area contributed by atoms with E-state index in [1.807, 2.05) is 0 Å². The highest BCUT2D eigenvalue weighted by Crippen LogP contribution is 2.35. The number of aromatic nitrogens is 3. The van der Waals surface area contributed by atoms with Crippen LogP contribution in [0.1, 0.15) is 43.1 Å². The third kappa shape index (κ3) is 2.05. The first-order valence-corrected chi connectivity index (χ1v) is 6.52. The maximum atomic E-state index is 12.3. The summed E-state index contributed by atoms with van der Waals surface area (Å²) in [5.41, 5.74) is 0.613. The van der Waals surface area contributed by atoms with Gasteiger partial charge >= 0.3 is 0 Å². The lowest BCUT2D eigenvalue weighted by Crippen LogP contribution is -2.16. The zero-order valence-electron chi connectivity index (χ0n) is 9.61. The predicted molar refractivity (Wildman–Crippen MR) is 64.2 cm³/mol. The summed E-state index contributed by atoms with van der Waals surface area (Å²) in [6, 6.07) is 0. The molecule has 2 rings (SSSR count). The molecule has 1 heterocycles. The van der Waals surface area contributed by atoms with Gasteiger partial charge in [0.25, 0.3) is 0 Å². The van der Waals surface area contributed by atoms with E-state index in [2.05, 4.69) is 33.2 Å². The Bertz CT molecular complexity index is 382. The van der Waals surface area contributed by atoms with Gasteiger partial charge in [-0.15, -0.1) is 5.10 Å². The van der Waals surface area contributed by atoms with Crippen molar-refractivity contribution in [3.8, 4) is 0 Å². The fourth-order valence-corrected chi connectivity index (χ4v) is 2.99. The van der Waals surface area contributed by atoms with Gasteiger partial charge in [-0.1, -0.05) is 18.6 Å². The standard InChI is InChI=1S/C11H16BrN3O/c1-3-7-4-5-8(6-7)10(16)9-11(12)13-14-15(9)2/h7-8H,3-6H2,1-2H3. The van der Waals surface area contributed by atoms with Crippen molar-refractivity contribution in [1.29, 1.82) is 0 Å². The van der Waals surface area contributed by atoms with E-state index in [9.17, 15) is 4.79 Å². The summed E-state index contributed by atoms with van der Waals surface area (Å²) in [5, 5.41) is 7.70. The van der Waals surface area contributed by atoms with Crippen molar-refractivity contribution < 1.29 is 4.79 Å². The number of nitrogens with zero attached hydrogens (tertiary/aromatic N) is 3. The van der Waals surface area contributed by atoms with E-state index in [1.54, 1.807) is 11.7 Å². The molecule has 88 valence electrons. The third-order valence-electron chi connectivity index (χ3n) is 3.51. The van der Waals surface area contributed by atoms with E-state index in [1.165, 1.54) is 12.8 Å². The van der Waals surface area contributed by atoms with Crippen molar-refractivity contribution in [2.45, 2.75) is 32.6 Å². The number of carbonyl (C=O) groups is 1. The normalized spacial score (nSPS) is 24.9. The van der Waals surface area contributed by atoms with Gasteiger partial charge in [0, 0.05) is 13.0 Å². The average Bonchev–Trinajstić information content (AvgIpc) is 2.85. The number of hydrogen-bond acceptors (Lipinski definition) is 3. The maximum absolute atomic E-state index is 12.3. The zero-order chi connectivity index (χ0) is 11.7. The van der Waals surface area contributed by atoms with Crippen LogP contribution >= 0.6 is 15.9 Å². The van der Waals surface area contributed by atoms with Crippen molar-refractivity contribution in [1.82, 2.24) is 15.0 Å². The summed E-state index contributed by atoms with van der Waals surface area (Å²) in [4.78, 5) is 12.3. The topological polar surface area (TPSA) is 47.8 Å². The van der Waals surface area contributed by atoms with E-state index in [4.69, 9.17) is 0 Å². The maximum Gasteiger partial charge on any atom is 0.186 e. The summed E-state index contributed by atoms with van der Waals surface area (Å²) in [6.07, 6.45) is 4.38. The molecule has 0 saturated heterocycles. The summed E-state index contributed by atoms with van der Waals surface area (Å²) in [5.74, 6) is 1.07. The molecule has 1 saturated carbocycles. The molecule has 2 unspecified atom stereocenters. The first-order chi connectivity index (χ1) is 7.63. The van der Waals surface area contributed by atoms with Crippen molar-refractivity contribution in [3.05, 3.63) is 10.3 Å². The monoisotopic (exact) mass is 285 g/mol. The van der Waals surface area contributed by atoms with E-state index in [-0.39, 0.29) is 11.7 Å². The minimum atomic E-state index is 0.165. The molecule has 1 aliphatic carbocycles. The van der Waals surface area contributed by atoms with Crippen LogP contribution in [0.2, 0.25) is 0 Å². The van der Waals surface area contributed by atoms with E-state index < -0.39 is 0 Å². The fourth-order valence-electron chi connectivity index (χ4n) is 2.47. The van der Waals surface area contributed by atoms with Crippen LogP contribution in [-0.4, -0.2) is 20.8 Å². The first kappa shape index (κ1) is 11.8. The Hall–Kier alpha value is -0.710. The smallest absolute Gasteiger partial charge is 0.186 e. The van der Waals surface area contributed by atoms with Crippen LogP contribution in [-0.2, 0) is 7.05 Å². The van der Waals surface area contributed by atoms with Crippen LogP contribution in [0.15, 0.2) is 4.60 Å². The van der Waals surface area contributed by atoms with Gasteiger partial charge < -0.3 is 0 Å². The molecule has 0 spiro atoms. The molecule has 1 aromatic rings. The summed E-state index contributed by atoms with van der Waals surface area (Å²) in [6.45, 7) is 2.19. The molecule has 1 fully saturated rings. The molecule has 0 aliphatic heterocycles. The lowest BCUT2D eigenvalue weighted by atomic mass is 9.98. The van der Waals surface area contributed by atoms with Crippen molar-refractivity contribution in [3.63, 3.8) is 0 Å². The van der Waals surface area contributed by atoms with Crippen molar-refractivity contribution in [2.75, 3.05) is 0 Å². The van der Waals surface area contributed by atoms with Crippen LogP contribution in [0.5, 0.6) is 0 Å². The second kappa shape index (κ2) is 4.65. The Morgan fingerprint density at radius 1 is 1.56 bits per heavy atom. The van der Waals surface area contributed by atoms with Gasteiger partial charge in [0.1, 0.15) is 5.69 Å². The molecule has 1 aliphatic rings. The molecular weight excluding hydrogens is 270 g/mol. The molecule has 0 bridgehead atoms. The van der Waals surface area contributed by atoms with Gasteiger partial charge in [0.05, 0.1) is 0 Å². The van der Waals surface area contributed by atoms with Crippen LogP contribution in [0, 0.1) is 11.8 Å². The number of ketones is 1. The van der Waals surface area contributed by atoms with Gasteiger partial charge in [-0.05, 0) is 41.1 Å². The van der Waals surface area contributed by atoms with Gasteiger partial charge in [-0.3, -0.25) is 4.79 Å². The molecular formula is C11H16BrN3O. The number of carbonyl (C=O) groups excluding carboxylic acids is 1. The van der Waals surface area contributed by atoms with E-state index in [0.29, 0.717) is 16.2 Å². The van der Waals surface area contributed by atoms with Crippen molar-refractivity contribution >= 4 is 21.7 Å². The van der Waals surface area contributed by atoms with Gasteiger partial charge in [0.15, 0.2) is 10.4 Å². The predicted octanol–water partition coefficient (Wildman–Crippen LogP) is 2.59. The summed E-state index contributed by atoms with van der Waals surface area (Å²) in [7, 11) is 1.76. The van der Waals surface area contributed by atoms with Crippen LogP contribution < -0.4 is 0 Å². The van der Waals surface area contributed by atoms with Gasteiger partial charge in [-0.2, -0.15) is 0 Å². The first-order valence-electron chi connectivity index (χ1n) is 5.72. The number of Topliss-reactive ketones (excluding diaryl/α,β-unsaturated/α-hetero) is 1. The van der Waals surface area contributed by atoms with Crippen LogP contribution in [0.25, 0.3) is 0 Å². The van der Waals surface area contributed by atoms with E-state index >= 15 is 0 Å². The lowest BCUT2D eigenvalue weighted by Gasteiger charge is -2.09. The molecule has 0 amide bonds. The highest BCUT2D eigenvalue weighted by atomic mass is 79.9. The van der Waals surface area contributed by atoms with Crippen LogP contribution in [0.3, 0.4) is 0 Å². The Morgan fingerprint density at radius 2 is 2.31 bits per heavy atom. The Kier molecular flexibility index (Phi) is 3.42. The number of halogens is 1. The average molecular weight is 286 g/mol. The molecule has 2 atom stereocenters. The third-order valence-corrected chi connectivity index (χ3v) is 4.04. The molecule has 0 radical (unpaired) electrons. The largest absolute Gasteiger partial charge is 0.292 e. The quantitative estimate of drug-likeness (QED) is 0.802. The van der Waals surface area contributed by atoms with Crippen LogP contribution in [0.4, 0.5) is 0 Å². The number of hydrogen-bond donors (Lipinski definition) is 0. The lowest BCUT2D eigenvalue weighted by molar-refractivity contribution is 0.0909. The van der Waals surface area contributed by atoms with Crippen molar-refractivity contribution in [2.24, 2.45) is 18.9 Å². The molecule has 5 heteroatoms. The minimum Gasteiger partial charge on any atom is -0.292 e.